The van der Waals surface area contributed by atoms with E-state index < -0.39 is 19.5 Å². The Morgan fingerprint density at radius 1 is 1.10 bits per heavy atom. The van der Waals surface area contributed by atoms with Crippen LogP contribution in [0.25, 0.3) is 11.0 Å². The number of carbonyl (C=O) groups is 2. The van der Waals surface area contributed by atoms with E-state index >= 15 is 0 Å². The second-order valence-corrected chi connectivity index (χ2v) is 6.67. The zero-order chi connectivity index (χ0) is 21.5. The Morgan fingerprint density at radius 3 is 2.60 bits per heavy atom. The third-order valence-electron chi connectivity index (χ3n) is 4.52. The maximum absolute atomic E-state index is 12.6. The maximum Gasteiger partial charge on any atom is 0.635 e. The first kappa shape index (κ1) is 21.6. The van der Waals surface area contributed by atoms with Crippen molar-refractivity contribution >= 4 is 30.1 Å². The van der Waals surface area contributed by atoms with Crippen molar-refractivity contribution in [1.29, 1.82) is 0 Å². The van der Waals surface area contributed by atoms with Gasteiger partial charge in [-0.25, -0.2) is 0 Å². The molecule has 0 saturated carbocycles. The molecule has 0 aliphatic rings. The molecule has 0 aliphatic heterocycles. The van der Waals surface area contributed by atoms with E-state index in [0.717, 1.165) is 10.9 Å². The van der Waals surface area contributed by atoms with Crippen molar-refractivity contribution in [2.75, 3.05) is 6.54 Å². The summed E-state index contributed by atoms with van der Waals surface area (Å²) in [7, 11) is -2.06. The number of furan rings is 1. The Hall–Kier alpha value is -3.14. The molecule has 2 amide bonds. The summed E-state index contributed by atoms with van der Waals surface area (Å²) in [6.07, 6.45) is 0.635. The first-order valence-corrected chi connectivity index (χ1v) is 9.60. The standard InChI is InChI=1S/C21H23BN2O6/c1-2-23-21(26)17-9-4-3-7-14(17)11-19(25)24-20(30-22(27)28)12-15-13-29-18-10-6-5-8-16(15)18/h3-10,13,20,27-28H,2,11-12H2,1H3,(H,23,26)(H,24,25)/t20-/m1/s1. The summed E-state index contributed by atoms with van der Waals surface area (Å²) in [6, 6.07) is 14.2. The smallest absolute Gasteiger partial charge is 0.464 e. The molecule has 3 rings (SSSR count). The van der Waals surface area contributed by atoms with Crippen molar-refractivity contribution in [1.82, 2.24) is 10.6 Å². The number of fused-ring (bicyclic) bond motifs is 1. The van der Waals surface area contributed by atoms with Crippen LogP contribution >= 0.6 is 0 Å². The van der Waals surface area contributed by atoms with Gasteiger partial charge in [0.1, 0.15) is 11.8 Å². The predicted octanol–water partition coefficient (Wildman–Crippen LogP) is 1.40. The van der Waals surface area contributed by atoms with Crippen LogP contribution in [0.3, 0.4) is 0 Å². The first-order chi connectivity index (χ1) is 14.5. The molecule has 156 valence electrons. The highest BCUT2D eigenvalue weighted by molar-refractivity contribution is 6.32. The molecular formula is C21H23BN2O6. The van der Waals surface area contributed by atoms with Gasteiger partial charge in [-0.2, -0.15) is 0 Å². The van der Waals surface area contributed by atoms with E-state index in [-0.39, 0.29) is 18.7 Å². The van der Waals surface area contributed by atoms with Crippen LogP contribution in [0.2, 0.25) is 0 Å². The van der Waals surface area contributed by atoms with Gasteiger partial charge in [-0.1, -0.05) is 36.4 Å². The number of para-hydroxylation sites is 1. The zero-order valence-corrected chi connectivity index (χ0v) is 16.5. The minimum atomic E-state index is -2.06. The normalized spacial score (nSPS) is 11.8. The molecule has 0 unspecified atom stereocenters. The van der Waals surface area contributed by atoms with Gasteiger partial charge < -0.3 is 29.8 Å². The third kappa shape index (κ3) is 5.47. The van der Waals surface area contributed by atoms with Crippen molar-refractivity contribution in [2.45, 2.75) is 26.0 Å². The fourth-order valence-corrected chi connectivity index (χ4v) is 3.23. The summed E-state index contributed by atoms with van der Waals surface area (Å²) in [5, 5.41) is 24.7. The number of benzene rings is 2. The highest BCUT2D eigenvalue weighted by atomic mass is 16.6. The molecule has 30 heavy (non-hydrogen) atoms. The topological polar surface area (TPSA) is 121 Å². The van der Waals surface area contributed by atoms with Crippen LogP contribution in [-0.4, -0.2) is 42.0 Å². The molecule has 3 aromatic rings. The van der Waals surface area contributed by atoms with E-state index in [0.29, 0.717) is 23.3 Å². The number of carbonyl (C=O) groups excluding carboxylic acids is 2. The number of nitrogens with one attached hydrogen (secondary N) is 2. The van der Waals surface area contributed by atoms with Crippen molar-refractivity contribution in [2.24, 2.45) is 0 Å². The molecule has 4 N–H and O–H groups in total. The fourth-order valence-electron chi connectivity index (χ4n) is 3.23. The number of hydrogen-bond donors (Lipinski definition) is 4. The van der Waals surface area contributed by atoms with Crippen LogP contribution in [0, 0.1) is 0 Å². The predicted molar refractivity (Wildman–Crippen MR) is 111 cm³/mol. The van der Waals surface area contributed by atoms with Crippen molar-refractivity contribution in [3.63, 3.8) is 0 Å². The molecule has 0 aliphatic carbocycles. The number of hydrogen-bond acceptors (Lipinski definition) is 6. The molecule has 8 nitrogen and oxygen atoms in total. The summed E-state index contributed by atoms with van der Waals surface area (Å²) in [5.41, 5.74) is 2.39. The Bertz CT molecular complexity index is 1020. The summed E-state index contributed by atoms with van der Waals surface area (Å²) in [4.78, 5) is 24.8. The van der Waals surface area contributed by atoms with Gasteiger partial charge in [-0.15, -0.1) is 0 Å². The van der Waals surface area contributed by atoms with Crippen LogP contribution in [0.4, 0.5) is 0 Å². The molecule has 2 aromatic carbocycles. The zero-order valence-electron chi connectivity index (χ0n) is 16.5. The van der Waals surface area contributed by atoms with E-state index in [1.165, 1.54) is 0 Å². The first-order valence-electron chi connectivity index (χ1n) is 9.60. The number of amides is 2. The van der Waals surface area contributed by atoms with E-state index in [1.807, 2.05) is 31.2 Å². The lowest BCUT2D eigenvalue weighted by Crippen LogP contribution is -2.43. The molecule has 1 atom stereocenters. The van der Waals surface area contributed by atoms with Crippen LogP contribution in [0.15, 0.2) is 59.2 Å². The van der Waals surface area contributed by atoms with Crippen LogP contribution < -0.4 is 10.6 Å². The van der Waals surface area contributed by atoms with Crippen molar-refractivity contribution in [3.05, 3.63) is 71.5 Å². The van der Waals surface area contributed by atoms with E-state index in [2.05, 4.69) is 10.6 Å². The maximum atomic E-state index is 12.6. The summed E-state index contributed by atoms with van der Waals surface area (Å²) in [6.45, 7) is 2.29. The monoisotopic (exact) mass is 410 g/mol. The molecule has 1 heterocycles. The molecular weight excluding hydrogens is 387 g/mol. The highest BCUT2D eigenvalue weighted by Gasteiger charge is 2.23. The summed E-state index contributed by atoms with van der Waals surface area (Å²) in [5.74, 6) is -0.686. The average molecular weight is 410 g/mol. The van der Waals surface area contributed by atoms with E-state index in [1.54, 1.807) is 30.5 Å². The van der Waals surface area contributed by atoms with Crippen LogP contribution in [-0.2, 0) is 22.3 Å². The van der Waals surface area contributed by atoms with Gasteiger partial charge in [0.25, 0.3) is 5.91 Å². The minimum absolute atomic E-state index is 0.0686. The number of rotatable bonds is 9. The lowest BCUT2D eigenvalue weighted by molar-refractivity contribution is -0.123. The molecule has 0 radical (unpaired) electrons. The Balaban J connectivity index is 1.73. The van der Waals surface area contributed by atoms with E-state index in [9.17, 15) is 19.6 Å². The van der Waals surface area contributed by atoms with Gasteiger partial charge in [0.15, 0.2) is 0 Å². The van der Waals surface area contributed by atoms with Crippen molar-refractivity contribution < 1.29 is 28.7 Å². The van der Waals surface area contributed by atoms with Crippen molar-refractivity contribution in [3.8, 4) is 0 Å². The quantitative estimate of drug-likeness (QED) is 0.313. The molecule has 9 heteroatoms. The second-order valence-electron chi connectivity index (χ2n) is 6.67. The van der Waals surface area contributed by atoms with Gasteiger partial charge in [0.2, 0.25) is 5.91 Å². The summed E-state index contributed by atoms with van der Waals surface area (Å²) < 4.78 is 10.5. The largest absolute Gasteiger partial charge is 0.635 e. The van der Waals surface area contributed by atoms with Gasteiger partial charge in [0.05, 0.1) is 12.7 Å². The lowest BCUT2D eigenvalue weighted by atomic mass is 10.0. The second kappa shape index (κ2) is 10.1. The van der Waals surface area contributed by atoms with Gasteiger partial charge in [0, 0.05) is 29.5 Å². The van der Waals surface area contributed by atoms with Crippen LogP contribution in [0.1, 0.15) is 28.4 Å². The Kier molecular flexibility index (Phi) is 7.24. The molecule has 0 bridgehead atoms. The average Bonchev–Trinajstić information content (AvgIpc) is 3.11. The lowest BCUT2D eigenvalue weighted by Gasteiger charge is -2.19. The van der Waals surface area contributed by atoms with Gasteiger partial charge >= 0.3 is 7.32 Å². The van der Waals surface area contributed by atoms with Crippen LogP contribution in [0.5, 0.6) is 0 Å². The Labute approximate surface area is 174 Å². The fraction of sp³-hybridized carbons (Fsp3) is 0.238. The van der Waals surface area contributed by atoms with Gasteiger partial charge in [-0.3, -0.25) is 9.59 Å². The van der Waals surface area contributed by atoms with E-state index in [4.69, 9.17) is 9.07 Å². The third-order valence-corrected chi connectivity index (χ3v) is 4.52. The van der Waals surface area contributed by atoms with Gasteiger partial charge in [-0.05, 0) is 24.6 Å². The summed E-state index contributed by atoms with van der Waals surface area (Å²) >= 11 is 0. The minimum Gasteiger partial charge on any atom is -0.464 e. The molecule has 0 saturated heterocycles. The molecule has 0 fully saturated rings. The SMILES string of the molecule is CCNC(=O)c1ccccc1CC(=O)N[C@@H](Cc1coc2ccccc12)OB(O)O. The molecule has 1 aromatic heterocycles. The highest BCUT2D eigenvalue weighted by Crippen LogP contribution is 2.22. The molecule has 0 spiro atoms. The Morgan fingerprint density at radius 2 is 1.83 bits per heavy atom.